The van der Waals surface area contributed by atoms with Gasteiger partial charge in [-0.1, -0.05) is 17.7 Å². The Balaban J connectivity index is 2.23. The minimum Gasteiger partial charge on any atom is -0.327 e. The fourth-order valence-electron chi connectivity index (χ4n) is 2.28. The van der Waals surface area contributed by atoms with E-state index in [1.54, 1.807) is 12.1 Å². The number of benzene rings is 2. The average molecular weight is 290 g/mol. The summed E-state index contributed by atoms with van der Waals surface area (Å²) < 4.78 is 15.9. The fourth-order valence-corrected chi connectivity index (χ4v) is 2.44. The predicted octanol–water partition coefficient (Wildman–Crippen LogP) is 3.49. The van der Waals surface area contributed by atoms with Crippen LogP contribution in [0.2, 0.25) is 5.02 Å². The molecule has 5 heteroatoms. The van der Waals surface area contributed by atoms with E-state index >= 15 is 0 Å². The van der Waals surface area contributed by atoms with Gasteiger partial charge in [0.2, 0.25) is 0 Å². The Morgan fingerprint density at radius 1 is 1.25 bits per heavy atom. The molecule has 0 radical (unpaired) electrons. The number of aryl methyl sites for hydroxylation is 1. The fraction of sp³-hybridized carbons (Fsp3) is 0.133. The molecule has 3 rings (SSSR count). The van der Waals surface area contributed by atoms with Crippen LogP contribution in [-0.2, 0) is 13.6 Å². The third-order valence-electron chi connectivity index (χ3n) is 3.35. The molecule has 102 valence electrons. The van der Waals surface area contributed by atoms with Gasteiger partial charge in [-0.05, 0) is 35.9 Å². The normalized spacial score (nSPS) is 11.2. The molecule has 0 unspecified atom stereocenters. The Morgan fingerprint density at radius 2 is 2.05 bits per heavy atom. The van der Waals surface area contributed by atoms with Crippen molar-refractivity contribution in [2.24, 2.45) is 12.8 Å². The number of halogens is 2. The summed E-state index contributed by atoms with van der Waals surface area (Å²) in [6.07, 6.45) is 0. The molecule has 0 saturated heterocycles. The van der Waals surface area contributed by atoms with E-state index in [1.807, 2.05) is 29.8 Å². The largest absolute Gasteiger partial charge is 0.327 e. The molecule has 0 bridgehead atoms. The van der Waals surface area contributed by atoms with Gasteiger partial charge < -0.3 is 10.3 Å². The van der Waals surface area contributed by atoms with Crippen molar-refractivity contribution in [3.63, 3.8) is 0 Å². The summed E-state index contributed by atoms with van der Waals surface area (Å²) >= 11 is 5.78. The molecule has 0 amide bonds. The number of nitrogens with two attached hydrogens (primary N) is 1. The summed E-state index contributed by atoms with van der Waals surface area (Å²) in [7, 11) is 1.86. The topological polar surface area (TPSA) is 43.8 Å². The van der Waals surface area contributed by atoms with Gasteiger partial charge in [-0.3, -0.25) is 0 Å². The van der Waals surface area contributed by atoms with Crippen LogP contribution >= 0.6 is 11.6 Å². The lowest BCUT2D eigenvalue weighted by atomic mass is 10.2. The third-order valence-corrected chi connectivity index (χ3v) is 3.59. The molecule has 0 spiro atoms. The first-order valence-corrected chi connectivity index (χ1v) is 6.59. The first kappa shape index (κ1) is 13.1. The van der Waals surface area contributed by atoms with E-state index in [-0.39, 0.29) is 5.82 Å². The first-order valence-electron chi connectivity index (χ1n) is 6.21. The second-order valence-corrected chi connectivity index (χ2v) is 5.08. The molecular formula is C15H13ClFN3. The quantitative estimate of drug-likeness (QED) is 0.785. The molecule has 20 heavy (non-hydrogen) atoms. The van der Waals surface area contributed by atoms with Gasteiger partial charge in [0.1, 0.15) is 11.6 Å². The lowest BCUT2D eigenvalue weighted by molar-refractivity contribution is 0.629. The molecule has 3 nitrogen and oxygen atoms in total. The molecule has 0 fully saturated rings. The van der Waals surface area contributed by atoms with Crippen LogP contribution in [0.3, 0.4) is 0 Å². The molecule has 0 aliphatic heterocycles. The second kappa shape index (κ2) is 4.89. The lowest BCUT2D eigenvalue weighted by Gasteiger charge is -2.04. The molecule has 2 N–H and O–H groups in total. The summed E-state index contributed by atoms with van der Waals surface area (Å²) in [6, 6.07) is 10.4. The Morgan fingerprint density at radius 3 is 2.75 bits per heavy atom. The van der Waals surface area contributed by atoms with E-state index in [4.69, 9.17) is 17.3 Å². The molecular weight excluding hydrogens is 277 g/mol. The average Bonchev–Trinajstić information content (AvgIpc) is 2.75. The van der Waals surface area contributed by atoms with Gasteiger partial charge in [-0.25, -0.2) is 9.37 Å². The lowest BCUT2D eigenvalue weighted by Crippen LogP contribution is -1.96. The van der Waals surface area contributed by atoms with Crippen LogP contribution in [0, 0.1) is 5.82 Å². The van der Waals surface area contributed by atoms with Gasteiger partial charge in [-0.2, -0.15) is 0 Å². The van der Waals surface area contributed by atoms with E-state index in [2.05, 4.69) is 4.98 Å². The van der Waals surface area contributed by atoms with Gasteiger partial charge >= 0.3 is 0 Å². The molecule has 1 aromatic heterocycles. The summed E-state index contributed by atoms with van der Waals surface area (Å²) in [4.78, 5) is 4.51. The van der Waals surface area contributed by atoms with E-state index in [1.165, 1.54) is 6.07 Å². The van der Waals surface area contributed by atoms with Crippen LogP contribution in [-0.4, -0.2) is 9.55 Å². The van der Waals surface area contributed by atoms with Crippen LogP contribution in [0.15, 0.2) is 36.4 Å². The Labute approximate surface area is 120 Å². The molecule has 3 aromatic rings. The van der Waals surface area contributed by atoms with Crippen LogP contribution in [0.4, 0.5) is 4.39 Å². The molecule has 2 aromatic carbocycles. The number of aromatic nitrogens is 2. The monoisotopic (exact) mass is 289 g/mol. The second-order valence-electron chi connectivity index (χ2n) is 4.65. The highest BCUT2D eigenvalue weighted by atomic mass is 35.5. The van der Waals surface area contributed by atoms with E-state index in [0.29, 0.717) is 23.0 Å². The summed E-state index contributed by atoms with van der Waals surface area (Å²) in [5.74, 6) is 0.193. The minimum atomic E-state index is -0.380. The van der Waals surface area contributed by atoms with Crippen molar-refractivity contribution in [1.29, 1.82) is 0 Å². The number of rotatable bonds is 2. The smallest absolute Gasteiger partial charge is 0.143 e. The minimum absolute atomic E-state index is 0.371. The van der Waals surface area contributed by atoms with Gasteiger partial charge in [0, 0.05) is 18.6 Å². The van der Waals surface area contributed by atoms with Gasteiger partial charge in [0.15, 0.2) is 0 Å². The SMILES string of the molecule is Cn1c(-c2ccc(Cl)cc2F)nc2cc(CN)ccc21. The van der Waals surface area contributed by atoms with Crippen LogP contribution in [0.5, 0.6) is 0 Å². The number of fused-ring (bicyclic) bond motifs is 1. The number of hydrogen-bond acceptors (Lipinski definition) is 2. The maximum absolute atomic E-state index is 14.0. The van der Waals surface area contributed by atoms with Crippen molar-refractivity contribution in [3.05, 3.63) is 52.8 Å². The van der Waals surface area contributed by atoms with Crippen molar-refractivity contribution >= 4 is 22.6 Å². The maximum Gasteiger partial charge on any atom is 0.143 e. The highest BCUT2D eigenvalue weighted by Gasteiger charge is 2.14. The summed E-state index contributed by atoms with van der Waals surface area (Å²) in [5.41, 5.74) is 8.80. The Bertz CT molecular complexity index is 795. The maximum atomic E-state index is 14.0. The zero-order valence-electron chi connectivity index (χ0n) is 10.9. The van der Waals surface area contributed by atoms with Gasteiger partial charge in [0.05, 0.1) is 16.6 Å². The van der Waals surface area contributed by atoms with E-state index in [9.17, 15) is 4.39 Å². The molecule has 1 heterocycles. The van der Waals surface area contributed by atoms with Crippen LogP contribution in [0.25, 0.3) is 22.4 Å². The molecule has 0 atom stereocenters. The number of imidazole rings is 1. The zero-order valence-corrected chi connectivity index (χ0v) is 11.7. The Kier molecular flexibility index (Phi) is 3.20. The highest BCUT2D eigenvalue weighted by molar-refractivity contribution is 6.30. The van der Waals surface area contributed by atoms with Gasteiger partial charge in [0.25, 0.3) is 0 Å². The van der Waals surface area contributed by atoms with Crippen molar-refractivity contribution < 1.29 is 4.39 Å². The van der Waals surface area contributed by atoms with Crippen molar-refractivity contribution in [2.45, 2.75) is 6.54 Å². The highest BCUT2D eigenvalue weighted by Crippen LogP contribution is 2.27. The standard InChI is InChI=1S/C15H13ClFN3/c1-20-14-5-2-9(8-18)6-13(14)19-15(20)11-4-3-10(16)7-12(11)17/h2-7H,8,18H2,1H3. The zero-order chi connectivity index (χ0) is 14.3. The predicted molar refractivity (Wildman–Crippen MR) is 79.0 cm³/mol. The number of hydrogen-bond donors (Lipinski definition) is 1. The molecule has 0 aliphatic rings. The summed E-state index contributed by atoms with van der Waals surface area (Å²) in [6.45, 7) is 0.456. The Hall–Kier alpha value is -1.91. The summed E-state index contributed by atoms with van der Waals surface area (Å²) in [5, 5.41) is 0.371. The van der Waals surface area contributed by atoms with Crippen molar-refractivity contribution in [1.82, 2.24) is 9.55 Å². The van der Waals surface area contributed by atoms with Crippen molar-refractivity contribution in [3.8, 4) is 11.4 Å². The first-order chi connectivity index (χ1) is 9.60. The van der Waals surface area contributed by atoms with Crippen molar-refractivity contribution in [2.75, 3.05) is 0 Å². The molecule has 0 aliphatic carbocycles. The van der Waals surface area contributed by atoms with Crippen LogP contribution in [0.1, 0.15) is 5.56 Å². The third kappa shape index (κ3) is 2.07. The molecule has 0 saturated carbocycles. The van der Waals surface area contributed by atoms with E-state index < -0.39 is 0 Å². The van der Waals surface area contributed by atoms with Gasteiger partial charge in [-0.15, -0.1) is 0 Å². The number of nitrogens with zero attached hydrogens (tertiary/aromatic N) is 2. The van der Waals surface area contributed by atoms with E-state index in [0.717, 1.165) is 16.6 Å². The van der Waals surface area contributed by atoms with Crippen LogP contribution < -0.4 is 5.73 Å².